The summed E-state index contributed by atoms with van der Waals surface area (Å²) in [6.07, 6.45) is 3.63. The lowest BCUT2D eigenvalue weighted by molar-refractivity contribution is 0.321. The van der Waals surface area contributed by atoms with E-state index in [2.05, 4.69) is 22.5 Å². The van der Waals surface area contributed by atoms with Crippen molar-refractivity contribution in [3.05, 3.63) is 18.0 Å². The zero-order chi connectivity index (χ0) is 9.97. The molecule has 0 bridgehead atoms. The summed E-state index contributed by atoms with van der Waals surface area (Å²) in [5, 5.41) is 6.54. The van der Waals surface area contributed by atoms with Crippen LogP contribution in [0.1, 0.15) is 18.5 Å². The molecule has 76 valence electrons. The Morgan fingerprint density at radius 1 is 1.57 bits per heavy atom. The van der Waals surface area contributed by atoms with Crippen LogP contribution in [-0.4, -0.2) is 25.2 Å². The van der Waals surface area contributed by atoms with Crippen LogP contribution in [0.5, 0.6) is 5.75 Å². The van der Waals surface area contributed by atoms with E-state index in [9.17, 15) is 0 Å². The Morgan fingerprint density at radius 3 is 3.21 bits per heavy atom. The lowest BCUT2D eigenvalue weighted by atomic mass is 10.1. The SMILES string of the molecule is CN[C@@H](C)c1cncc2c1NCCO2. The third kappa shape index (κ3) is 1.53. The van der Waals surface area contributed by atoms with E-state index in [0.29, 0.717) is 6.61 Å². The molecule has 1 aliphatic rings. The Balaban J connectivity index is 2.39. The van der Waals surface area contributed by atoms with Crippen molar-refractivity contribution in [2.75, 3.05) is 25.5 Å². The summed E-state index contributed by atoms with van der Waals surface area (Å²) in [6, 6.07) is 0.284. The number of pyridine rings is 1. The molecule has 0 unspecified atom stereocenters. The van der Waals surface area contributed by atoms with Gasteiger partial charge in [0.2, 0.25) is 0 Å². The second-order valence-electron chi connectivity index (χ2n) is 3.39. The lowest BCUT2D eigenvalue weighted by Crippen LogP contribution is -2.22. The van der Waals surface area contributed by atoms with Crippen molar-refractivity contribution >= 4 is 5.69 Å². The third-order valence-electron chi connectivity index (χ3n) is 2.50. The van der Waals surface area contributed by atoms with Crippen LogP contribution in [-0.2, 0) is 0 Å². The van der Waals surface area contributed by atoms with Crippen molar-refractivity contribution < 1.29 is 4.74 Å². The van der Waals surface area contributed by atoms with E-state index in [1.807, 2.05) is 13.2 Å². The maximum atomic E-state index is 5.51. The first-order chi connectivity index (χ1) is 6.83. The molecule has 14 heavy (non-hydrogen) atoms. The average molecular weight is 193 g/mol. The Hall–Kier alpha value is -1.29. The molecule has 0 amide bonds. The summed E-state index contributed by atoms with van der Waals surface area (Å²) < 4.78 is 5.51. The minimum absolute atomic E-state index is 0.284. The van der Waals surface area contributed by atoms with Crippen LogP contribution in [0.15, 0.2) is 12.4 Å². The molecule has 1 atom stereocenters. The highest BCUT2D eigenvalue weighted by Gasteiger charge is 2.16. The number of nitrogens with zero attached hydrogens (tertiary/aromatic N) is 1. The fourth-order valence-electron chi connectivity index (χ4n) is 1.58. The van der Waals surface area contributed by atoms with E-state index in [1.54, 1.807) is 6.20 Å². The van der Waals surface area contributed by atoms with Gasteiger partial charge in [-0.1, -0.05) is 0 Å². The van der Waals surface area contributed by atoms with Crippen molar-refractivity contribution in [3.63, 3.8) is 0 Å². The topological polar surface area (TPSA) is 46.2 Å². The van der Waals surface area contributed by atoms with Crippen LogP contribution < -0.4 is 15.4 Å². The largest absolute Gasteiger partial charge is 0.488 e. The van der Waals surface area contributed by atoms with Crippen LogP contribution >= 0.6 is 0 Å². The number of anilines is 1. The van der Waals surface area contributed by atoms with Crippen molar-refractivity contribution in [2.45, 2.75) is 13.0 Å². The number of hydrogen-bond donors (Lipinski definition) is 2. The average Bonchev–Trinajstić information content (AvgIpc) is 2.27. The molecule has 2 N–H and O–H groups in total. The van der Waals surface area contributed by atoms with Gasteiger partial charge in [-0.3, -0.25) is 4.98 Å². The Morgan fingerprint density at radius 2 is 2.43 bits per heavy atom. The van der Waals surface area contributed by atoms with Gasteiger partial charge in [-0.05, 0) is 14.0 Å². The van der Waals surface area contributed by atoms with Gasteiger partial charge in [-0.25, -0.2) is 0 Å². The van der Waals surface area contributed by atoms with Crippen molar-refractivity contribution in [1.29, 1.82) is 0 Å². The Labute approximate surface area is 83.7 Å². The van der Waals surface area contributed by atoms with Gasteiger partial charge in [0.1, 0.15) is 6.61 Å². The zero-order valence-corrected chi connectivity index (χ0v) is 8.50. The maximum absolute atomic E-state index is 5.51. The molecule has 1 aromatic heterocycles. The van der Waals surface area contributed by atoms with Gasteiger partial charge in [0.15, 0.2) is 5.75 Å². The number of rotatable bonds is 2. The van der Waals surface area contributed by atoms with Gasteiger partial charge in [-0.2, -0.15) is 0 Å². The molecule has 0 radical (unpaired) electrons. The van der Waals surface area contributed by atoms with Gasteiger partial charge in [0.25, 0.3) is 0 Å². The molecule has 2 rings (SSSR count). The number of aromatic nitrogens is 1. The van der Waals surface area contributed by atoms with Crippen LogP contribution in [0.2, 0.25) is 0 Å². The van der Waals surface area contributed by atoms with E-state index in [-0.39, 0.29) is 6.04 Å². The van der Waals surface area contributed by atoms with E-state index in [0.717, 1.165) is 23.5 Å². The minimum atomic E-state index is 0.284. The molecule has 2 heterocycles. The van der Waals surface area contributed by atoms with Gasteiger partial charge in [-0.15, -0.1) is 0 Å². The van der Waals surface area contributed by atoms with E-state index in [4.69, 9.17) is 4.74 Å². The van der Waals surface area contributed by atoms with Gasteiger partial charge >= 0.3 is 0 Å². The van der Waals surface area contributed by atoms with Crippen LogP contribution in [0.3, 0.4) is 0 Å². The second kappa shape index (κ2) is 3.84. The van der Waals surface area contributed by atoms with Crippen molar-refractivity contribution in [1.82, 2.24) is 10.3 Å². The van der Waals surface area contributed by atoms with Gasteiger partial charge in [0.05, 0.1) is 11.9 Å². The number of hydrogen-bond acceptors (Lipinski definition) is 4. The highest BCUT2D eigenvalue weighted by atomic mass is 16.5. The fourth-order valence-corrected chi connectivity index (χ4v) is 1.58. The third-order valence-corrected chi connectivity index (χ3v) is 2.50. The summed E-state index contributed by atoms with van der Waals surface area (Å²) >= 11 is 0. The molecular weight excluding hydrogens is 178 g/mol. The molecule has 0 saturated heterocycles. The monoisotopic (exact) mass is 193 g/mol. The first-order valence-corrected chi connectivity index (χ1v) is 4.84. The van der Waals surface area contributed by atoms with Gasteiger partial charge < -0.3 is 15.4 Å². The predicted molar refractivity (Wildman–Crippen MR) is 55.7 cm³/mol. The Bertz CT molecular complexity index is 327. The minimum Gasteiger partial charge on any atom is -0.488 e. The standard InChI is InChI=1S/C10H15N3O/c1-7(11-2)8-5-12-6-9-10(8)13-3-4-14-9/h5-7,11,13H,3-4H2,1-2H3/t7-/m0/s1. The van der Waals surface area contributed by atoms with E-state index in [1.165, 1.54) is 0 Å². The molecule has 0 aliphatic carbocycles. The van der Waals surface area contributed by atoms with Crippen molar-refractivity contribution in [2.24, 2.45) is 0 Å². The Kier molecular flexibility index (Phi) is 2.54. The molecular formula is C10H15N3O. The second-order valence-corrected chi connectivity index (χ2v) is 3.39. The summed E-state index contributed by atoms with van der Waals surface area (Å²) in [4.78, 5) is 4.16. The summed E-state index contributed by atoms with van der Waals surface area (Å²) in [5.74, 6) is 0.857. The summed E-state index contributed by atoms with van der Waals surface area (Å²) in [7, 11) is 1.94. The highest BCUT2D eigenvalue weighted by Crippen LogP contribution is 2.32. The van der Waals surface area contributed by atoms with Crippen molar-refractivity contribution in [3.8, 4) is 5.75 Å². The summed E-state index contributed by atoms with van der Waals surface area (Å²) in [5.41, 5.74) is 2.23. The van der Waals surface area contributed by atoms with Crippen LogP contribution in [0.4, 0.5) is 5.69 Å². The molecule has 0 fully saturated rings. The quantitative estimate of drug-likeness (QED) is 0.740. The first-order valence-electron chi connectivity index (χ1n) is 4.84. The van der Waals surface area contributed by atoms with E-state index >= 15 is 0 Å². The number of nitrogens with one attached hydrogen (secondary N) is 2. The molecule has 4 heteroatoms. The lowest BCUT2D eigenvalue weighted by Gasteiger charge is -2.23. The zero-order valence-electron chi connectivity index (χ0n) is 8.50. The maximum Gasteiger partial charge on any atom is 0.161 e. The van der Waals surface area contributed by atoms with Crippen LogP contribution in [0, 0.1) is 0 Å². The molecule has 1 aromatic rings. The molecule has 1 aliphatic heterocycles. The fraction of sp³-hybridized carbons (Fsp3) is 0.500. The first kappa shape index (κ1) is 9.27. The van der Waals surface area contributed by atoms with E-state index < -0.39 is 0 Å². The smallest absolute Gasteiger partial charge is 0.161 e. The number of ether oxygens (including phenoxy) is 1. The number of fused-ring (bicyclic) bond motifs is 1. The predicted octanol–water partition coefficient (Wildman–Crippen LogP) is 1.17. The highest BCUT2D eigenvalue weighted by molar-refractivity contribution is 5.62. The van der Waals surface area contributed by atoms with Crippen LogP contribution in [0.25, 0.3) is 0 Å². The summed E-state index contributed by atoms with van der Waals surface area (Å²) in [6.45, 7) is 3.68. The van der Waals surface area contributed by atoms with Gasteiger partial charge in [0, 0.05) is 24.3 Å². The molecule has 0 aromatic carbocycles. The molecule has 4 nitrogen and oxygen atoms in total. The molecule has 0 spiro atoms. The normalized spacial score (nSPS) is 16.4. The molecule has 0 saturated carbocycles.